The molecule has 16 aliphatic rings. The number of halogens is 4. The first-order valence-electron chi connectivity index (χ1n) is 44.7. The lowest BCUT2D eigenvalue weighted by molar-refractivity contribution is -0.154. The molecule has 24 rings (SSSR count). The number of amides is 20. The molecule has 0 bridgehead atoms. The van der Waals surface area contributed by atoms with E-state index >= 15 is 17.6 Å². The molecule has 0 aliphatic carbocycles. The zero-order valence-electron chi connectivity index (χ0n) is 75.5. The minimum absolute atomic E-state index is 0.0867. The van der Waals surface area contributed by atoms with Gasteiger partial charge in [-0.15, -0.1) is 0 Å². The van der Waals surface area contributed by atoms with E-state index in [-0.39, 0.29) is 217 Å². The molecule has 48 nitrogen and oxygen atoms in total. The van der Waals surface area contributed by atoms with Crippen molar-refractivity contribution in [2.45, 2.75) is 193 Å². The van der Waals surface area contributed by atoms with Gasteiger partial charge < -0.3 is 75.6 Å². The molecule has 0 radical (unpaired) electrons. The first-order chi connectivity index (χ1) is 66.1. The molecule has 20 amide bonds. The molecule has 8 aromatic rings. The number of rotatable bonds is 4. The van der Waals surface area contributed by atoms with E-state index in [2.05, 4.69) is 63.2 Å². The predicted molar refractivity (Wildman–Crippen MR) is 460 cm³/mol. The van der Waals surface area contributed by atoms with Gasteiger partial charge in [0, 0.05) is 51.9 Å². The van der Waals surface area contributed by atoms with E-state index in [4.69, 9.17) is 56.0 Å². The summed E-state index contributed by atoms with van der Waals surface area (Å²) >= 11 is 0. The maximum Gasteiger partial charge on any atom is 0.416 e. The Hall–Kier alpha value is -15.0. The highest BCUT2D eigenvalue weighted by atomic mass is 19.1. The van der Waals surface area contributed by atoms with Crippen molar-refractivity contribution in [1.82, 2.24) is 63.2 Å². The lowest BCUT2D eigenvalue weighted by Crippen LogP contribution is -2.75. The number of cyclic esters (lactones) is 4. The number of morpholine rings is 4. The number of ether oxygens (including phenoxy) is 8. The van der Waals surface area contributed by atoms with Gasteiger partial charge in [-0.1, -0.05) is 20.6 Å². The maximum atomic E-state index is 16.1. The molecule has 16 aliphatic heterocycles. The van der Waals surface area contributed by atoms with Crippen LogP contribution in [0.1, 0.15) is 98.4 Å². The van der Waals surface area contributed by atoms with Crippen LogP contribution >= 0.6 is 0 Å². The summed E-state index contributed by atoms with van der Waals surface area (Å²) in [5.41, 5.74) is -5.53. The Balaban J connectivity index is 0.000000110. The number of carbonyl (C=O) groups excluding carboxylic acids is 16. The third-order valence-electron chi connectivity index (χ3n) is 28.5. The summed E-state index contributed by atoms with van der Waals surface area (Å²) in [6.07, 6.45) is -7.99. The largest absolute Gasteiger partial charge is 0.447 e. The van der Waals surface area contributed by atoms with Gasteiger partial charge in [0.1, 0.15) is 25.4 Å². The van der Waals surface area contributed by atoms with E-state index in [9.17, 15) is 76.7 Å². The second-order valence-electron chi connectivity index (χ2n) is 37.5. The predicted octanol–water partition coefficient (Wildman–Crippen LogP) is 4.42. The van der Waals surface area contributed by atoms with E-state index in [0.29, 0.717) is 22.3 Å². The quantitative estimate of drug-likeness (QED) is 0.0686. The van der Waals surface area contributed by atoms with Gasteiger partial charge >= 0.3 is 48.5 Å². The summed E-state index contributed by atoms with van der Waals surface area (Å²) < 4.78 is 130. The number of nitrogens with one attached hydrogen (secondary N) is 8. The van der Waals surface area contributed by atoms with Gasteiger partial charge in [0.15, 0.2) is 68.2 Å². The van der Waals surface area contributed by atoms with Crippen molar-refractivity contribution >= 4 is 186 Å². The van der Waals surface area contributed by atoms with Gasteiger partial charge in [-0.25, -0.2) is 55.9 Å². The van der Waals surface area contributed by atoms with Crippen LogP contribution in [0.3, 0.4) is 0 Å². The van der Waals surface area contributed by atoms with Gasteiger partial charge in [0.2, 0.25) is 69.6 Å². The SMILES string of the molecule is C[C@@H]1CN(c2noc3c(F)c4c(cc23)CC2(C(=O)NC(=O)NC2=O)[C@H]2[C@H](C)O[C@H](C)CN42)C(=O)O1.C[C@@H]1CN2c3c(cc4c(N5C(=O)OC[C@H]5C)noc4c3F)CC3(C(=O)NC(=O)NC3=O)[C@H]2[C@H](C)O1.C[C@@H]1CN2c3c(cc4c(N5CCOC5=O)noc4c3F)CC3(C(=O)NC(=O)NC3=O)[C@H]2[C@H](C)O1.C[C@@H]1CN2c3c(cc4c(N5C[C@H](C)OC5=O)noc4c3F)CC3(C(=O)NC(=O)NC3=O)[C@H]2[C@H](C)O1. The highest BCUT2D eigenvalue weighted by Crippen LogP contribution is 2.57. The van der Waals surface area contributed by atoms with Crippen LogP contribution < -0.4 is 81.7 Å². The standard InChI is InChI=1S/3C22H22FN5O7.C21H20FN5O7/c1-8-7-33-21(32)28(8)17-12-4-11-5-22(18(29)24-20(31)25-19(22)30)16-10(3)34-9(2)6-27(16)14(11)13(23)15(12)35-26-17;2*1-8-6-27-14-11(5-22(16(27)10(3)33-8)18(29)24-20(31)25-19(22)30)4-12-15(13(14)23)35-26-17(12)28-7-9(2)34-21(28)32;1-8-7-27-13-10(5-11-14(12(13)22)34-25-16(11)26-3-4-32-20(26)31)6-21(15(27)9(2)33-8)17(28)23-19(30)24-18(21)29/h3*4,8-10,16H,5-7H2,1-3H3,(H2,24,25,29,30,31);5,8-9,15H,3-4,6-7H2,1-2H3,(H2,23,24,28,29,30)/t8-,9-,10+,16-;8-,9+,10+,16-;8-,9-,10+,16-;8-,9+,15-/m1111/s1. The number of fused-ring (bicyclic) bond motifs is 20. The van der Waals surface area contributed by atoms with E-state index in [1.165, 1.54) is 19.6 Å². The Kier molecular flexibility index (Phi) is 20.9. The molecule has 4 aromatic heterocycles. The zero-order valence-corrected chi connectivity index (χ0v) is 75.5. The molecule has 0 saturated carbocycles. The van der Waals surface area contributed by atoms with Crippen molar-refractivity contribution in [3.8, 4) is 0 Å². The molecule has 52 heteroatoms. The van der Waals surface area contributed by atoms with Crippen molar-refractivity contribution in [3.63, 3.8) is 0 Å². The molecule has 12 saturated heterocycles. The van der Waals surface area contributed by atoms with Crippen molar-refractivity contribution in [2.75, 3.05) is 98.2 Å². The zero-order chi connectivity index (χ0) is 98.4. The Labute approximate surface area is 778 Å². The number of urea groups is 4. The molecule has 20 heterocycles. The molecule has 15 atom stereocenters. The maximum absolute atomic E-state index is 16.1. The topological polar surface area (TPSA) is 573 Å². The third-order valence-corrected chi connectivity index (χ3v) is 28.5. The summed E-state index contributed by atoms with van der Waals surface area (Å²) in [6.45, 7) is 20.9. The number of imide groups is 8. The van der Waals surface area contributed by atoms with E-state index in [1.54, 1.807) is 113 Å². The van der Waals surface area contributed by atoms with Crippen LogP contribution in [0.5, 0.6) is 0 Å². The fraction of sp³-hybridized carbons (Fsp3) is 0.494. The Bertz CT molecular complexity index is 6580. The van der Waals surface area contributed by atoms with Crippen LogP contribution in [-0.2, 0) is 102 Å². The minimum atomic E-state index is -1.75. The molecule has 0 unspecified atom stereocenters. The van der Waals surface area contributed by atoms with Gasteiger partial charge in [-0.05, 0) is 123 Å². The van der Waals surface area contributed by atoms with E-state index in [0.717, 1.165) is 0 Å². The lowest BCUT2D eigenvalue weighted by atomic mass is 9.66. The number of benzene rings is 4. The monoisotopic (exact) mass is 1930 g/mol. The van der Waals surface area contributed by atoms with Crippen LogP contribution in [0.2, 0.25) is 0 Å². The Morgan fingerprint density at radius 1 is 0.317 bits per heavy atom. The number of hydrogen-bond acceptors (Lipinski definition) is 36. The molecule has 730 valence electrons. The van der Waals surface area contributed by atoms with Gasteiger partial charge in [-0.3, -0.25) is 100 Å². The average molecular weight is 1940 g/mol. The van der Waals surface area contributed by atoms with Crippen LogP contribution in [0.25, 0.3) is 43.9 Å². The number of aromatic nitrogens is 4. The number of carbonyl (C=O) groups is 16. The second kappa shape index (κ2) is 32.1. The highest BCUT2D eigenvalue weighted by Gasteiger charge is 2.69. The average Bonchev–Trinajstić information content (AvgIpc) is 1.72. The number of barbiturate groups is 4. The van der Waals surface area contributed by atoms with Crippen LogP contribution in [0.4, 0.5) is 102 Å². The summed E-state index contributed by atoms with van der Waals surface area (Å²) in [7, 11) is 0. The smallest absolute Gasteiger partial charge is 0.416 e. The fourth-order valence-corrected chi connectivity index (χ4v) is 23.5. The van der Waals surface area contributed by atoms with Gasteiger partial charge in [-0.2, -0.15) is 0 Å². The van der Waals surface area contributed by atoms with Crippen molar-refractivity contribution in [1.29, 1.82) is 0 Å². The van der Waals surface area contributed by atoms with Crippen LogP contribution in [-0.4, -0.2) is 267 Å². The van der Waals surface area contributed by atoms with Crippen LogP contribution in [0.15, 0.2) is 42.4 Å². The summed E-state index contributed by atoms with van der Waals surface area (Å²) in [5, 5.41) is 34.1. The van der Waals surface area contributed by atoms with Gasteiger partial charge in [0.25, 0.3) is 0 Å². The van der Waals surface area contributed by atoms with Gasteiger partial charge in [0.05, 0.1) is 143 Å². The molecule has 12 fully saturated rings. The highest BCUT2D eigenvalue weighted by molar-refractivity contribution is 6.24. The molecule has 4 aromatic carbocycles. The first kappa shape index (κ1) is 90.5. The van der Waals surface area contributed by atoms with Crippen LogP contribution in [0, 0.1) is 44.9 Å². The molecular weight excluding hydrogens is 1850 g/mol. The Morgan fingerprint density at radius 3 is 0.813 bits per heavy atom. The molecule has 4 spiro atoms. The minimum Gasteiger partial charge on any atom is -0.447 e. The normalized spacial score (nSPS) is 29.3. The van der Waals surface area contributed by atoms with Crippen molar-refractivity contribution in [2.24, 2.45) is 21.7 Å². The molecule has 139 heavy (non-hydrogen) atoms. The van der Waals surface area contributed by atoms with Crippen molar-refractivity contribution < 1.29 is 150 Å². The summed E-state index contributed by atoms with van der Waals surface area (Å²) in [4.78, 5) is 214. The fourth-order valence-electron chi connectivity index (χ4n) is 23.5. The molecule has 8 N–H and O–H groups in total. The van der Waals surface area contributed by atoms with Crippen molar-refractivity contribution in [3.05, 3.63) is 69.8 Å². The third kappa shape index (κ3) is 13.3. The Morgan fingerprint density at radius 2 is 0.576 bits per heavy atom. The number of hydrogen-bond donors (Lipinski definition) is 8. The molecular formula is C87H86F4N20O28. The number of anilines is 8. The summed E-state index contributed by atoms with van der Waals surface area (Å²) in [6, 6.07) is -1.23. The summed E-state index contributed by atoms with van der Waals surface area (Å²) in [5.74, 6) is -8.74. The number of nitrogens with zero attached hydrogens (tertiary/aromatic N) is 12. The van der Waals surface area contributed by atoms with E-state index in [1.807, 2.05) is 6.92 Å². The second-order valence-corrected chi connectivity index (χ2v) is 37.5. The lowest BCUT2D eigenvalue weighted by Gasteiger charge is -2.55. The van der Waals surface area contributed by atoms with E-state index < -0.39 is 189 Å². The first-order valence-corrected chi connectivity index (χ1v) is 44.7.